The fourth-order valence-electron chi connectivity index (χ4n) is 4.90. The molecule has 0 unspecified atom stereocenters. The molecule has 0 radical (unpaired) electrons. The molecule has 0 saturated carbocycles. The molecule has 4 rings (SSSR count). The highest BCUT2D eigenvalue weighted by molar-refractivity contribution is 6.07. The van der Waals surface area contributed by atoms with Crippen LogP contribution in [0.4, 0.5) is 4.79 Å². The first-order chi connectivity index (χ1) is 15.1. The molecule has 2 heterocycles. The molecule has 2 aromatic carbocycles. The normalized spacial score (nSPS) is 18.9. The lowest BCUT2D eigenvalue weighted by Crippen LogP contribution is -2.57. The number of imide groups is 1. The number of nitrogens with zero attached hydrogens (tertiary/aromatic N) is 3. The highest BCUT2D eigenvalue weighted by Gasteiger charge is 2.57. The molecule has 1 spiro atoms. The summed E-state index contributed by atoms with van der Waals surface area (Å²) in [7, 11) is 0. The maximum atomic E-state index is 13.7. The van der Waals surface area contributed by atoms with Crippen LogP contribution >= 0.6 is 0 Å². The smallest absolute Gasteiger partial charge is 0.309 e. The molecule has 3 amide bonds. The molecule has 5 heteroatoms. The second-order valence-electron chi connectivity index (χ2n) is 8.77. The summed E-state index contributed by atoms with van der Waals surface area (Å²) in [5, 5.41) is 0. The monoisotopic (exact) mass is 419 g/mol. The van der Waals surface area contributed by atoms with Gasteiger partial charge in [0.25, 0.3) is 5.91 Å². The molecule has 0 aromatic heterocycles. The molecule has 2 aliphatic heterocycles. The molecule has 0 atom stereocenters. The largest absolute Gasteiger partial charge is 0.328 e. The van der Waals surface area contributed by atoms with Gasteiger partial charge in [0.05, 0.1) is 6.54 Å². The molecule has 164 valence electrons. The van der Waals surface area contributed by atoms with E-state index in [0.717, 1.165) is 44.5 Å². The molecule has 31 heavy (non-hydrogen) atoms. The number of hydrogen-bond donors (Lipinski definition) is 0. The lowest BCUT2D eigenvalue weighted by Gasteiger charge is -2.42. The van der Waals surface area contributed by atoms with Gasteiger partial charge in [-0.05, 0) is 43.4 Å². The molecule has 0 aliphatic carbocycles. The van der Waals surface area contributed by atoms with Crippen LogP contribution < -0.4 is 0 Å². The van der Waals surface area contributed by atoms with Crippen LogP contribution in [-0.2, 0) is 17.8 Å². The summed E-state index contributed by atoms with van der Waals surface area (Å²) in [5.74, 6) is -0.00967. The van der Waals surface area contributed by atoms with E-state index in [4.69, 9.17) is 0 Å². The van der Waals surface area contributed by atoms with E-state index in [9.17, 15) is 9.59 Å². The number of likely N-dealkylation sites (tertiary alicyclic amines) is 1. The number of hydrogen-bond acceptors (Lipinski definition) is 3. The number of urea groups is 1. The Morgan fingerprint density at radius 2 is 1.45 bits per heavy atom. The first-order valence-corrected chi connectivity index (χ1v) is 11.6. The maximum Gasteiger partial charge on any atom is 0.328 e. The van der Waals surface area contributed by atoms with E-state index in [2.05, 4.69) is 24.0 Å². The molecular weight excluding hydrogens is 386 g/mol. The topological polar surface area (TPSA) is 43.9 Å². The highest BCUT2D eigenvalue weighted by Crippen LogP contribution is 2.38. The summed E-state index contributed by atoms with van der Waals surface area (Å²) in [6.07, 6.45) is 4.56. The second kappa shape index (κ2) is 9.65. The lowest BCUT2D eigenvalue weighted by atomic mass is 9.85. The minimum Gasteiger partial charge on any atom is -0.309 e. The number of piperidine rings is 1. The average molecular weight is 420 g/mol. The molecule has 5 nitrogen and oxygen atoms in total. The quantitative estimate of drug-likeness (QED) is 0.598. The van der Waals surface area contributed by atoms with E-state index in [1.807, 2.05) is 53.4 Å². The first-order valence-electron chi connectivity index (χ1n) is 11.6. The van der Waals surface area contributed by atoms with E-state index in [1.165, 1.54) is 23.3 Å². The van der Waals surface area contributed by atoms with Gasteiger partial charge >= 0.3 is 6.03 Å². The number of unbranched alkanes of at least 4 members (excludes halogenated alkanes) is 1. The second-order valence-corrected chi connectivity index (χ2v) is 8.77. The van der Waals surface area contributed by atoms with Crippen molar-refractivity contribution in [3.8, 4) is 0 Å². The molecule has 2 fully saturated rings. The molecular formula is C26H33N3O2. The summed E-state index contributed by atoms with van der Waals surface area (Å²) in [4.78, 5) is 33.0. The van der Waals surface area contributed by atoms with Gasteiger partial charge in [-0.15, -0.1) is 0 Å². The number of carbonyl (C=O) groups excluding carboxylic acids is 2. The summed E-state index contributed by atoms with van der Waals surface area (Å²) in [6.45, 7) is 5.96. The Labute approximate surface area is 185 Å². The van der Waals surface area contributed by atoms with Crippen LogP contribution in [0.5, 0.6) is 0 Å². The van der Waals surface area contributed by atoms with Crippen molar-refractivity contribution in [2.45, 2.75) is 51.1 Å². The summed E-state index contributed by atoms with van der Waals surface area (Å²) in [5.41, 5.74) is 1.49. The van der Waals surface area contributed by atoms with E-state index in [0.29, 0.717) is 13.1 Å². The third kappa shape index (κ3) is 4.52. The van der Waals surface area contributed by atoms with Crippen molar-refractivity contribution < 1.29 is 9.59 Å². The Kier molecular flexibility index (Phi) is 6.71. The van der Waals surface area contributed by atoms with Gasteiger partial charge in [0, 0.05) is 19.6 Å². The highest BCUT2D eigenvalue weighted by atomic mass is 16.2. The van der Waals surface area contributed by atoms with Crippen molar-refractivity contribution in [1.29, 1.82) is 0 Å². The molecule has 2 aromatic rings. The standard InChI is InChI=1S/C26H33N3O2/c1-2-3-17-27-19-15-26(16-20-27)24(30)28(21-23-12-8-5-9-13-23)25(31)29(26)18-14-22-10-6-4-7-11-22/h4-13H,2-3,14-21H2,1H3. The van der Waals surface area contributed by atoms with Gasteiger partial charge in [-0.3, -0.25) is 9.69 Å². The summed E-state index contributed by atoms with van der Waals surface area (Å²) in [6, 6.07) is 19.9. The molecule has 0 N–H and O–H groups in total. The van der Waals surface area contributed by atoms with Crippen molar-refractivity contribution in [2.75, 3.05) is 26.2 Å². The van der Waals surface area contributed by atoms with Crippen LogP contribution in [0.3, 0.4) is 0 Å². The zero-order valence-corrected chi connectivity index (χ0v) is 18.5. The van der Waals surface area contributed by atoms with Gasteiger partial charge in [0.15, 0.2) is 0 Å². The Morgan fingerprint density at radius 3 is 2.06 bits per heavy atom. The van der Waals surface area contributed by atoms with Crippen molar-refractivity contribution in [3.63, 3.8) is 0 Å². The van der Waals surface area contributed by atoms with Crippen LogP contribution in [0.2, 0.25) is 0 Å². The Bertz CT molecular complexity index is 876. The summed E-state index contributed by atoms with van der Waals surface area (Å²) < 4.78 is 0. The van der Waals surface area contributed by atoms with Crippen molar-refractivity contribution in [1.82, 2.24) is 14.7 Å². The Morgan fingerprint density at radius 1 is 0.839 bits per heavy atom. The maximum absolute atomic E-state index is 13.7. The van der Waals surface area contributed by atoms with Gasteiger partial charge < -0.3 is 9.80 Å². The third-order valence-corrected chi connectivity index (χ3v) is 6.78. The van der Waals surface area contributed by atoms with E-state index in [1.54, 1.807) is 0 Å². The first kappa shape index (κ1) is 21.6. The number of benzene rings is 2. The molecule has 2 aliphatic rings. The predicted molar refractivity (Wildman–Crippen MR) is 123 cm³/mol. The van der Waals surface area contributed by atoms with E-state index < -0.39 is 5.54 Å². The SMILES string of the molecule is CCCCN1CCC2(CC1)C(=O)N(Cc1ccccc1)C(=O)N2CCc1ccccc1. The van der Waals surface area contributed by atoms with Crippen molar-refractivity contribution >= 4 is 11.9 Å². The van der Waals surface area contributed by atoms with Crippen LogP contribution in [-0.4, -0.2) is 58.4 Å². The number of amides is 3. The zero-order chi connectivity index (χ0) is 21.7. The van der Waals surface area contributed by atoms with E-state index >= 15 is 0 Å². The van der Waals surface area contributed by atoms with Gasteiger partial charge in [0.1, 0.15) is 5.54 Å². The van der Waals surface area contributed by atoms with Crippen molar-refractivity contribution in [2.24, 2.45) is 0 Å². The van der Waals surface area contributed by atoms with Gasteiger partial charge in [-0.1, -0.05) is 74.0 Å². The minimum atomic E-state index is -0.691. The van der Waals surface area contributed by atoms with E-state index in [-0.39, 0.29) is 11.9 Å². The average Bonchev–Trinajstić information content (AvgIpc) is 3.00. The van der Waals surface area contributed by atoms with Crippen LogP contribution in [0.25, 0.3) is 0 Å². The lowest BCUT2D eigenvalue weighted by molar-refractivity contribution is -0.136. The van der Waals surface area contributed by atoms with Crippen LogP contribution in [0.1, 0.15) is 43.7 Å². The van der Waals surface area contributed by atoms with Crippen LogP contribution in [0.15, 0.2) is 60.7 Å². The number of carbonyl (C=O) groups is 2. The Hall–Kier alpha value is -2.66. The number of rotatable bonds is 8. The van der Waals surface area contributed by atoms with Crippen LogP contribution in [0, 0.1) is 0 Å². The van der Waals surface area contributed by atoms with Gasteiger partial charge in [-0.2, -0.15) is 0 Å². The fourth-order valence-corrected chi connectivity index (χ4v) is 4.90. The molecule has 2 saturated heterocycles. The van der Waals surface area contributed by atoms with Gasteiger partial charge in [0.2, 0.25) is 0 Å². The minimum absolute atomic E-state index is 0.00967. The fraction of sp³-hybridized carbons (Fsp3) is 0.462. The van der Waals surface area contributed by atoms with Gasteiger partial charge in [-0.25, -0.2) is 4.79 Å². The third-order valence-electron chi connectivity index (χ3n) is 6.78. The Balaban J connectivity index is 1.55. The van der Waals surface area contributed by atoms with Crippen molar-refractivity contribution in [3.05, 3.63) is 71.8 Å². The molecule has 0 bridgehead atoms. The predicted octanol–water partition coefficient (Wildman–Crippen LogP) is 4.33. The summed E-state index contributed by atoms with van der Waals surface area (Å²) >= 11 is 0. The zero-order valence-electron chi connectivity index (χ0n) is 18.5.